The SMILES string of the molecule is COC(=O)[C@H](Cc1ccc(Nc2ncnc3cc(OC)c(OCCCCl)cc23)cc1)NC(C)=O. The zero-order chi connectivity index (χ0) is 24.5. The Morgan fingerprint density at radius 1 is 1.09 bits per heavy atom. The van der Waals surface area contributed by atoms with Crippen molar-refractivity contribution in [3.8, 4) is 11.5 Å². The van der Waals surface area contributed by atoms with Crippen LogP contribution in [0.2, 0.25) is 0 Å². The first-order valence-electron chi connectivity index (χ1n) is 10.7. The molecule has 0 saturated heterocycles. The van der Waals surface area contributed by atoms with Gasteiger partial charge in [0.15, 0.2) is 11.5 Å². The Kier molecular flexibility index (Phi) is 8.86. The second kappa shape index (κ2) is 12.0. The molecular formula is C24H27ClN4O5. The van der Waals surface area contributed by atoms with Crippen LogP contribution in [-0.4, -0.2) is 54.6 Å². The highest BCUT2D eigenvalue weighted by Gasteiger charge is 2.20. The summed E-state index contributed by atoms with van der Waals surface area (Å²) in [6, 6.07) is 10.4. The second-order valence-corrected chi connectivity index (χ2v) is 7.81. The first kappa shape index (κ1) is 25.0. The van der Waals surface area contributed by atoms with Gasteiger partial charge in [0.1, 0.15) is 18.2 Å². The Hall–Kier alpha value is -3.59. The van der Waals surface area contributed by atoms with Crippen LogP contribution in [0.5, 0.6) is 11.5 Å². The van der Waals surface area contributed by atoms with Gasteiger partial charge in [-0.25, -0.2) is 14.8 Å². The number of ether oxygens (including phenoxy) is 3. The predicted octanol–water partition coefficient (Wildman–Crippen LogP) is 3.61. The van der Waals surface area contributed by atoms with Crippen LogP contribution >= 0.6 is 11.6 Å². The molecule has 34 heavy (non-hydrogen) atoms. The number of halogens is 1. The van der Waals surface area contributed by atoms with Crippen molar-refractivity contribution in [2.45, 2.75) is 25.8 Å². The predicted molar refractivity (Wildman–Crippen MR) is 130 cm³/mol. The van der Waals surface area contributed by atoms with Gasteiger partial charge in [-0.15, -0.1) is 11.6 Å². The average Bonchev–Trinajstić information content (AvgIpc) is 2.84. The molecule has 9 nitrogen and oxygen atoms in total. The second-order valence-electron chi connectivity index (χ2n) is 7.44. The number of anilines is 2. The molecule has 1 heterocycles. The molecule has 0 spiro atoms. The molecule has 1 atom stereocenters. The molecular weight excluding hydrogens is 460 g/mol. The number of amides is 1. The van der Waals surface area contributed by atoms with Gasteiger partial charge >= 0.3 is 5.97 Å². The Labute approximate surface area is 202 Å². The molecule has 0 saturated carbocycles. The summed E-state index contributed by atoms with van der Waals surface area (Å²) in [5, 5.41) is 6.67. The molecule has 3 aromatic rings. The first-order valence-corrected chi connectivity index (χ1v) is 11.2. The molecule has 0 aliphatic carbocycles. The summed E-state index contributed by atoms with van der Waals surface area (Å²) in [5.74, 6) is 1.48. The zero-order valence-electron chi connectivity index (χ0n) is 19.3. The highest BCUT2D eigenvalue weighted by molar-refractivity contribution is 6.17. The number of methoxy groups -OCH3 is 2. The number of rotatable bonds is 11. The standard InChI is InChI=1S/C24H27ClN4O5/c1-15(30)28-20(24(31)33-3)11-16-5-7-17(8-6-16)29-23-18-12-22(34-10-4-9-25)21(32-2)13-19(18)26-14-27-23/h5-8,12-14,20H,4,9-11H2,1-3H3,(H,28,30)(H,26,27,29)/t20-/m0/s1. The van der Waals surface area contributed by atoms with E-state index in [2.05, 4.69) is 20.6 Å². The molecule has 0 unspecified atom stereocenters. The van der Waals surface area contributed by atoms with Crippen molar-refractivity contribution in [3.05, 3.63) is 48.3 Å². The fourth-order valence-corrected chi connectivity index (χ4v) is 3.46. The number of nitrogens with one attached hydrogen (secondary N) is 2. The van der Waals surface area contributed by atoms with Gasteiger partial charge in [0.05, 0.1) is 26.3 Å². The number of hydrogen-bond donors (Lipinski definition) is 2. The minimum absolute atomic E-state index is 0.299. The molecule has 3 rings (SSSR count). The Balaban J connectivity index is 1.81. The maximum atomic E-state index is 12.0. The number of aromatic nitrogens is 2. The van der Waals surface area contributed by atoms with E-state index in [1.165, 1.54) is 20.4 Å². The Bertz CT molecular complexity index is 1140. The van der Waals surface area contributed by atoms with Gasteiger partial charge in [-0.2, -0.15) is 0 Å². The fourth-order valence-electron chi connectivity index (χ4n) is 3.35. The van der Waals surface area contributed by atoms with E-state index in [-0.39, 0.29) is 5.91 Å². The van der Waals surface area contributed by atoms with E-state index in [9.17, 15) is 9.59 Å². The zero-order valence-corrected chi connectivity index (χ0v) is 20.0. The van der Waals surface area contributed by atoms with Crippen LogP contribution < -0.4 is 20.1 Å². The fraction of sp³-hybridized carbons (Fsp3) is 0.333. The lowest BCUT2D eigenvalue weighted by Gasteiger charge is -2.16. The molecule has 180 valence electrons. The number of esters is 1. The van der Waals surface area contributed by atoms with Crippen molar-refractivity contribution in [1.82, 2.24) is 15.3 Å². The van der Waals surface area contributed by atoms with Crippen molar-refractivity contribution in [2.75, 3.05) is 32.0 Å². The van der Waals surface area contributed by atoms with E-state index >= 15 is 0 Å². The van der Waals surface area contributed by atoms with Crippen molar-refractivity contribution < 1.29 is 23.8 Å². The normalized spacial score (nSPS) is 11.5. The molecule has 2 aromatic carbocycles. The molecule has 0 fully saturated rings. The van der Waals surface area contributed by atoms with E-state index in [4.69, 9.17) is 25.8 Å². The maximum absolute atomic E-state index is 12.0. The minimum Gasteiger partial charge on any atom is -0.493 e. The highest BCUT2D eigenvalue weighted by Crippen LogP contribution is 2.34. The number of carbonyl (C=O) groups is 2. The summed E-state index contributed by atoms with van der Waals surface area (Å²) in [7, 11) is 2.87. The number of hydrogen-bond acceptors (Lipinski definition) is 8. The van der Waals surface area contributed by atoms with Crippen molar-refractivity contribution in [2.24, 2.45) is 0 Å². The third-order valence-corrected chi connectivity index (χ3v) is 5.24. The number of benzene rings is 2. The number of carbonyl (C=O) groups excluding carboxylic acids is 2. The number of nitrogens with zero attached hydrogens (tertiary/aromatic N) is 2. The number of fused-ring (bicyclic) bond motifs is 1. The average molecular weight is 487 g/mol. The lowest BCUT2D eigenvalue weighted by molar-refractivity contribution is -0.144. The Morgan fingerprint density at radius 2 is 1.85 bits per heavy atom. The van der Waals surface area contributed by atoms with Crippen LogP contribution in [0.1, 0.15) is 18.9 Å². The first-order chi connectivity index (χ1) is 16.4. The van der Waals surface area contributed by atoms with Crippen LogP contribution in [0, 0.1) is 0 Å². The molecule has 0 bridgehead atoms. The molecule has 1 amide bonds. The summed E-state index contributed by atoms with van der Waals surface area (Å²) in [4.78, 5) is 32.1. The number of alkyl halides is 1. The van der Waals surface area contributed by atoms with E-state index in [0.717, 1.165) is 16.6 Å². The van der Waals surface area contributed by atoms with Crippen molar-refractivity contribution in [3.63, 3.8) is 0 Å². The maximum Gasteiger partial charge on any atom is 0.328 e. The quantitative estimate of drug-likeness (QED) is 0.240. The van der Waals surface area contributed by atoms with Gasteiger partial charge in [-0.3, -0.25) is 4.79 Å². The van der Waals surface area contributed by atoms with Gasteiger partial charge in [-0.1, -0.05) is 12.1 Å². The monoisotopic (exact) mass is 486 g/mol. The van der Waals surface area contributed by atoms with Crippen LogP contribution in [-0.2, 0) is 20.7 Å². The summed E-state index contributed by atoms with van der Waals surface area (Å²) in [6.07, 6.45) is 2.50. The largest absolute Gasteiger partial charge is 0.493 e. The van der Waals surface area contributed by atoms with Gasteiger partial charge in [0, 0.05) is 36.4 Å². The molecule has 0 radical (unpaired) electrons. The van der Waals surface area contributed by atoms with Gasteiger partial charge in [0.2, 0.25) is 5.91 Å². The van der Waals surface area contributed by atoms with Crippen LogP contribution in [0.25, 0.3) is 10.9 Å². The van der Waals surface area contributed by atoms with Gasteiger partial charge < -0.3 is 24.8 Å². The topological polar surface area (TPSA) is 112 Å². The third-order valence-electron chi connectivity index (χ3n) is 4.98. The van der Waals surface area contributed by atoms with Crippen LogP contribution in [0.3, 0.4) is 0 Å². The van der Waals surface area contributed by atoms with Crippen LogP contribution in [0.15, 0.2) is 42.7 Å². The smallest absolute Gasteiger partial charge is 0.328 e. The summed E-state index contributed by atoms with van der Waals surface area (Å²) >= 11 is 5.75. The van der Waals surface area contributed by atoms with Crippen molar-refractivity contribution in [1.29, 1.82) is 0 Å². The van der Waals surface area contributed by atoms with E-state index < -0.39 is 12.0 Å². The minimum atomic E-state index is -0.751. The summed E-state index contributed by atoms with van der Waals surface area (Å²) in [6.45, 7) is 1.83. The molecule has 10 heteroatoms. The van der Waals surface area contributed by atoms with E-state index in [0.29, 0.717) is 48.2 Å². The van der Waals surface area contributed by atoms with Gasteiger partial charge in [0.25, 0.3) is 0 Å². The lowest BCUT2D eigenvalue weighted by Crippen LogP contribution is -2.41. The third kappa shape index (κ3) is 6.48. The molecule has 0 aliphatic heterocycles. The van der Waals surface area contributed by atoms with E-state index in [1.807, 2.05) is 30.3 Å². The van der Waals surface area contributed by atoms with E-state index in [1.54, 1.807) is 13.2 Å². The summed E-state index contributed by atoms with van der Waals surface area (Å²) < 4.78 is 16.0. The van der Waals surface area contributed by atoms with Gasteiger partial charge in [-0.05, 0) is 30.2 Å². The summed E-state index contributed by atoms with van der Waals surface area (Å²) in [5.41, 5.74) is 2.35. The van der Waals surface area contributed by atoms with Crippen LogP contribution in [0.4, 0.5) is 11.5 Å². The Morgan fingerprint density at radius 3 is 2.50 bits per heavy atom. The molecule has 0 aliphatic rings. The highest BCUT2D eigenvalue weighted by atomic mass is 35.5. The lowest BCUT2D eigenvalue weighted by atomic mass is 10.1. The molecule has 2 N–H and O–H groups in total. The molecule has 1 aromatic heterocycles. The van der Waals surface area contributed by atoms with Crippen molar-refractivity contribution >= 4 is 45.9 Å².